The Hall–Kier alpha value is -2.25. The lowest BCUT2D eigenvalue weighted by Gasteiger charge is -2.14. The molecule has 0 spiro atoms. The molecule has 0 unspecified atom stereocenters. The number of likely N-dealkylation sites (N-methyl/N-ethyl adjacent to an activating group) is 1. The molecule has 2 aromatic carbocycles. The molecule has 1 aliphatic heterocycles. The van der Waals surface area contributed by atoms with Gasteiger partial charge in [-0.3, -0.25) is 14.7 Å². The van der Waals surface area contributed by atoms with Gasteiger partial charge in [-0.2, -0.15) is 0 Å². The van der Waals surface area contributed by atoms with Crippen LogP contribution in [-0.2, 0) is 11.4 Å². The summed E-state index contributed by atoms with van der Waals surface area (Å²) in [7, 11) is 3.40. The first-order chi connectivity index (χ1) is 13.5. The van der Waals surface area contributed by atoms with E-state index in [0.29, 0.717) is 34.8 Å². The SMILES string of the molecule is CCOc1cc(/C=C2\SC(=NC)N(C)C2=O)c(Br)cc1OCc1ccccc1. The monoisotopic (exact) mass is 460 g/mol. The summed E-state index contributed by atoms with van der Waals surface area (Å²) >= 11 is 4.94. The summed E-state index contributed by atoms with van der Waals surface area (Å²) < 4.78 is 12.6. The fraction of sp³-hybridized carbons (Fsp3) is 0.238. The number of hydrogen-bond donors (Lipinski definition) is 0. The fourth-order valence-electron chi connectivity index (χ4n) is 2.67. The van der Waals surface area contributed by atoms with Crippen LogP contribution in [0.15, 0.2) is 56.8 Å². The number of aliphatic imine (C=N–C) groups is 1. The smallest absolute Gasteiger partial charge is 0.266 e. The summed E-state index contributed by atoms with van der Waals surface area (Å²) in [6.45, 7) is 2.89. The molecular weight excluding hydrogens is 440 g/mol. The topological polar surface area (TPSA) is 51.1 Å². The lowest BCUT2D eigenvalue weighted by atomic mass is 10.1. The Balaban J connectivity index is 1.88. The van der Waals surface area contributed by atoms with Gasteiger partial charge < -0.3 is 9.47 Å². The van der Waals surface area contributed by atoms with E-state index in [1.807, 2.05) is 55.5 Å². The molecule has 0 N–H and O–H groups in total. The number of nitrogens with zero attached hydrogens (tertiary/aromatic N) is 2. The van der Waals surface area contributed by atoms with Gasteiger partial charge in [0.2, 0.25) is 0 Å². The Bertz CT molecular complexity index is 929. The van der Waals surface area contributed by atoms with Crippen LogP contribution >= 0.6 is 27.7 Å². The highest BCUT2D eigenvalue weighted by molar-refractivity contribution is 9.10. The molecule has 0 saturated carbocycles. The first kappa shape index (κ1) is 20.5. The van der Waals surface area contributed by atoms with Crippen molar-refractivity contribution in [3.05, 3.63) is 63.0 Å². The minimum Gasteiger partial charge on any atom is -0.490 e. The van der Waals surface area contributed by atoms with Crippen molar-refractivity contribution >= 4 is 44.8 Å². The molecule has 1 amide bonds. The second-order valence-corrected chi connectivity index (χ2v) is 7.87. The largest absolute Gasteiger partial charge is 0.490 e. The number of rotatable bonds is 6. The molecule has 0 aromatic heterocycles. The summed E-state index contributed by atoms with van der Waals surface area (Å²) in [4.78, 5) is 18.7. The van der Waals surface area contributed by atoms with Gasteiger partial charge in [-0.1, -0.05) is 46.3 Å². The van der Waals surface area contributed by atoms with Crippen molar-refractivity contribution in [3.63, 3.8) is 0 Å². The minimum absolute atomic E-state index is 0.0696. The van der Waals surface area contributed by atoms with Crippen LogP contribution in [0.2, 0.25) is 0 Å². The van der Waals surface area contributed by atoms with Gasteiger partial charge in [-0.15, -0.1) is 0 Å². The molecule has 0 atom stereocenters. The van der Waals surface area contributed by atoms with Crippen LogP contribution in [0.5, 0.6) is 11.5 Å². The molecule has 5 nitrogen and oxygen atoms in total. The maximum Gasteiger partial charge on any atom is 0.266 e. The standard InChI is InChI=1S/C21H21BrN2O3S/c1-4-26-17-10-15(11-19-20(25)24(3)21(23-2)28-19)16(22)12-18(17)27-13-14-8-6-5-7-9-14/h5-12H,4,13H2,1-3H3/b19-11-,23-21?. The van der Waals surface area contributed by atoms with Gasteiger partial charge in [0.25, 0.3) is 5.91 Å². The summed E-state index contributed by atoms with van der Waals surface area (Å²) in [5.74, 6) is 1.22. The van der Waals surface area contributed by atoms with Crippen molar-refractivity contribution < 1.29 is 14.3 Å². The van der Waals surface area contributed by atoms with Gasteiger partial charge in [0.1, 0.15) is 6.61 Å². The molecule has 1 aliphatic rings. The Labute approximate surface area is 177 Å². The van der Waals surface area contributed by atoms with E-state index in [-0.39, 0.29) is 5.91 Å². The van der Waals surface area contributed by atoms with E-state index >= 15 is 0 Å². The zero-order valence-electron chi connectivity index (χ0n) is 15.9. The Morgan fingerprint density at radius 3 is 2.54 bits per heavy atom. The molecule has 1 fully saturated rings. The zero-order chi connectivity index (χ0) is 20.1. The molecule has 28 heavy (non-hydrogen) atoms. The maximum absolute atomic E-state index is 12.4. The van der Waals surface area contributed by atoms with E-state index in [1.165, 1.54) is 11.8 Å². The summed E-state index contributed by atoms with van der Waals surface area (Å²) in [5.41, 5.74) is 1.92. The molecule has 0 radical (unpaired) electrons. The predicted octanol–water partition coefficient (Wildman–Crippen LogP) is 4.96. The van der Waals surface area contributed by atoms with Crippen LogP contribution in [0.1, 0.15) is 18.1 Å². The number of amides is 1. The van der Waals surface area contributed by atoms with Gasteiger partial charge >= 0.3 is 0 Å². The van der Waals surface area contributed by atoms with E-state index in [9.17, 15) is 4.79 Å². The van der Waals surface area contributed by atoms with Crippen molar-refractivity contribution in [2.24, 2.45) is 4.99 Å². The first-order valence-electron chi connectivity index (χ1n) is 8.81. The molecule has 1 heterocycles. The number of carbonyl (C=O) groups excluding carboxylic acids is 1. The number of amidine groups is 1. The number of ether oxygens (including phenoxy) is 2. The molecule has 0 aliphatic carbocycles. The Kier molecular flexibility index (Phi) is 6.80. The number of thioether (sulfide) groups is 1. The summed E-state index contributed by atoms with van der Waals surface area (Å²) in [6.07, 6.45) is 1.84. The normalized spacial score (nSPS) is 16.9. The third-order valence-electron chi connectivity index (χ3n) is 4.08. The summed E-state index contributed by atoms with van der Waals surface area (Å²) in [6, 6.07) is 13.7. The van der Waals surface area contributed by atoms with Gasteiger partial charge in [0.15, 0.2) is 16.7 Å². The van der Waals surface area contributed by atoms with Gasteiger partial charge in [0.05, 0.1) is 11.5 Å². The van der Waals surface area contributed by atoms with Crippen molar-refractivity contribution in [3.8, 4) is 11.5 Å². The molecule has 2 aromatic rings. The van der Waals surface area contributed by atoms with Gasteiger partial charge in [0, 0.05) is 18.6 Å². The van der Waals surface area contributed by atoms with Crippen LogP contribution in [0, 0.1) is 0 Å². The Morgan fingerprint density at radius 2 is 1.89 bits per heavy atom. The Morgan fingerprint density at radius 1 is 1.18 bits per heavy atom. The van der Waals surface area contributed by atoms with E-state index < -0.39 is 0 Å². The van der Waals surface area contributed by atoms with Crippen LogP contribution in [0.3, 0.4) is 0 Å². The quantitative estimate of drug-likeness (QED) is 0.571. The zero-order valence-corrected chi connectivity index (χ0v) is 18.3. The minimum atomic E-state index is -0.0696. The number of benzene rings is 2. The van der Waals surface area contributed by atoms with E-state index in [4.69, 9.17) is 9.47 Å². The first-order valence-corrected chi connectivity index (χ1v) is 10.4. The predicted molar refractivity (Wildman–Crippen MR) is 118 cm³/mol. The highest BCUT2D eigenvalue weighted by Gasteiger charge is 2.30. The van der Waals surface area contributed by atoms with Crippen molar-refractivity contribution in [1.82, 2.24) is 4.90 Å². The molecule has 1 saturated heterocycles. The maximum atomic E-state index is 12.4. The van der Waals surface area contributed by atoms with E-state index in [0.717, 1.165) is 15.6 Å². The number of halogens is 1. The van der Waals surface area contributed by atoms with Crippen LogP contribution in [-0.4, -0.2) is 36.7 Å². The molecular formula is C21H21BrN2O3S. The highest BCUT2D eigenvalue weighted by Crippen LogP contribution is 2.38. The van der Waals surface area contributed by atoms with Crippen LogP contribution in [0.25, 0.3) is 6.08 Å². The number of hydrogen-bond acceptors (Lipinski definition) is 5. The van der Waals surface area contributed by atoms with Crippen LogP contribution in [0.4, 0.5) is 0 Å². The molecule has 3 rings (SSSR count). The fourth-order valence-corrected chi connectivity index (χ4v) is 4.02. The van der Waals surface area contributed by atoms with Crippen molar-refractivity contribution in [2.45, 2.75) is 13.5 Å². The second-order valence-electron chi connectivity index (χ2n) is 6.01. The van der Waals surface area contributed by atoms with E-state index in [2.05, 4.69) is 20.9 Å². The van der Waals surface area contributed by atoms with E-state index in [1.54, 1.807) is 19.0 Å². The van der Waals surface area contributed by atoms with Crippen molar-refractivity contribution in [1.29, 1.82) is 0 Å². The third kappa shape index (κ3) is 4.59. The van der Waals surface area contributed by atoms with Crippen molar-refractivity contribution in [2.75, 3.05) is 20.7 Å². The average molecular weight is 461 g/mol. The molecule has 7 heteroatoms. The lowest BCUT2D eigenvalue weighted by Crippen LogP contribution is -2.23. The lowest BCUT2D eigenvalue weighted by molar-refractivity contribution is -0.121. The molecule has 146 valence electrons. The average Bonchev–Trinajstić information content (AvgIpc) is 2.98. The van der Waals surface area contributed by atoms with Crippen LogP contribution < -0.4 is 9.47 Å². The summed E-state index contributed by atoms with van der Waals surface area (Å²) in [5, 5.41) is 0.681. The number of carbonyl (C=O) groups is 1. The van der Waals surface area contributed by atoms with Gasteiger partial charge in [-0.05, 0) is 48.0 Å². The van der Waals surface area contributed by atoms with Gasteiger partial charge in [-0.25, -0.2) is 0 Å². The second kappa shape index (κ2) is 9.30. The molecule has 0 bridgehead atoms. The third-order valence-corrected chi connectivity index (χ3v) is 5.92. The highest BCUT2D eigenvalue weighted by atomic mass is 79.9.